The van der Waals surface area contributed by atoms with E-state index in [0.717, 1.165) is 5.56 Å². The fourth-order valence-corrected chi connectivity index (χ4v) is 2.49. The van der Waals surface area contributed by atoms with Gasteiger partial charge in [-0.2, -0.15) is 5.10 Å². The molecule has 0 aliphatic heterocycles. The summed E-state index contributed by atoms with van der Waals surface area (Å²) in [5.41, 5.74) is 0.969. The van der Waals surface area contributed by atoms with Crippen LogP contribution in [-0.4, -0.2) is 40.5 Å². The van der Waals surface area contributed by atoms with Crippen molar-refractivity contribution >= 4 is 23.2 Å². The predicted molar refractivity (Wildman–Crippen MR) is 80.9 cm³/mol. The number of aromatic amines is 1. The molecule has 7 heteroatoms. The first kappa shape index (κ1) is 15.2. The van der Waals surface area contributed by atoms with Crippen LogP contribution in [0.1, 0.15) is 28.1 Å². The highest BCUT2D eigenvalue weighted by Gasteiger charge is 2.10. The summed E-state index contributed by atoms with van der Waals surface area (Å²) in [5, 5.41) is 11.2. The number of nitrogens with zero attached hydrogens (tertiary/aromatic N) is 2. The SMILES string of the molecule is CN(Cc1cn[nH]c1)C(=O)CCCNC(=O)c1cccs1. The van der Waals surface area contributed by atoms with Crippen molar-refractivity contribution in [3.05, 3.63) is 40.3 Å². The Morgan fingerprint density at radius 2 is 2.33 bits per heavy atom. The molecule has 0 aliphatic carbocycles. The lowest BCUT2D eigenvalue weighted by Gasteiger charge is -2.16. The second-order valence-corrected chi connectivity index (χ2v) is 5.64. The van der Waals surface area contributed by atoms with Crippen LogP contribution in [0.5, 0.6) is 0 Å². The van der Waals surface area contributed by atoms with Crippen LogP contribution < -0.4 is 5.32 Å². The summed E-state index contributed by atoms with van der Waals surface area (Å²) in [6, 6.07) is 3.62. The molecule has 0 spiro atoms. The van der Waals surface area contributed by atoms with Gasteiger partial charge in [-0.25, -0.2) is 0 Å². The van der Waals surface area contributed by atoms with Crippen molar-refractivity contribution in [1.29, 1.82) is 0 Å². The van der Waals surface area contributed by atoms with E-state index >= 15 is 0 Å². The number of carbonyl (C=O) groups is 2. The summed E-state index contributed by atoms with van der Waals surface area (Å²) in [7, 11) is 1.76. The van der Waals surface area contributed by atoms with Crippen LogP contribution in [0.3, 0.4) is 0 Å². The average Bonchev–Trinajstić information content (AvgIpc) is 3.15. The van der Waals surface area contributed by atoms with E-state index in [2.05, 4.69) is 15.5 Å². The van der Waals surface area contributed by atoms with Crippen molar-refractivity contribution in [1.82, 2.24) is 20.4 Å². The van der Waals surface area contributed by atoms with Gasteiger partial charge in [0.1, 0.15) is 0 Å². The second kappa shape index (κ2) is 7.58. The molecule has 0 saturated carbocycles. The number of hydrogen-bond donors (Lipinski definition) is 2. The minimum Gasteiger partial charge on any atom is -0.351 e. The van der Waals surface area contributed by atoms with E-state index in [9.17, 15) is 9.59 Å². The lowest BCUT2D eigenvalue weighted by molar-refractivity contribution is -0.130. The van der Waals surface area contributed by atoms with Crippen molar-refractivity contribution in [2.75, 3.05) is 13.6 Å². The molecule has 0 aromatic carbocycles. The fourth-order valence-electron chi connectivity index (χ4n) is 1.85. The van der Waals surface area contributed by atoms with Crippen LogP contribution in [0.25, 0.3) is 0 Å². The lowest BCUT2D eigenvalue weighted by atomic mass is 10.2. The number of amides is 2. The quantitative estimate of drug-likeness (QED) is 0.763. The Morgan fingerprint density at radius 3 is 3.00 bits per heavy atom. The van der Waals surface area contributed by atoms with Crippen LogP contribution in [0.4, 0.5) is 0 Å². The van der Waals surface area contributed by atoms with Crippen LogP contribution in [0, 0.1) is 0 Å². The van der Waals surface area contributed by atoms with E-state index in [0.29, 0.717) is 30.8 Å². The standard InChI is InChI=1S/C14H18N4O2S/c1-18(10-11-8-16-17-9-11)13(19)5-2-6-15-14(20)12-4-3-7-21-12/h3-4,7-9H,2,5-6,10H2,1H3,(H,15,20)(H,16,17). The molecule has 0 bridgehead atoms. The number of hydrogen-bond acceptors (Lipinski definition) is 4. The maximum absolute atomic E-state index is 11.9. The molecule has 0 saturated heterocycles. The molecule has 21 heavy (non-hydrogen) atoms. The lowest BCUT2D eigenvalue weighted by Crippen LogP contribution is -2.28. The van der Waals surface area contributed by atoms with Crippen LogP contribution in [0.15, 0.2) is 29.9 Å². The van der Waals surface area contributed by atoms with E-state index in [-0.39, 0.29) is 11.8 Å². The Balaban J connectivity index is 1.64. The van der Waals surface area contributed by atoms with Crippen molar-refractivity contribution in [2.45, 2.75) is 19.4 Å². The Bertz CT molecular complexity index is 566. The Hall–Kier alpha value is -2.15. The first-order chi connectivity index (χ1) is 10.2. The van der Waals surface area contributed by atoms with Gasteiger partial charge in [0, 0.05) is 38.3 Å². The topological polar surface area (TPSA) is 78.1 Å². The van der Waals surface area contributed by atoms with Gasteiger partial charge in [-0.05, 0) is 17.9 Å². The molecule has 2 amide bonds. The highest BCUT2D eigenvalue weighted by Crippen LogP contribution is 2.08. The van der Waals surface area contributed by atoms with E-state index in [1.807, 2.05) is 11.4 Å². The van der Waals surface area contributed by atoms with Gasteiger partial charge in [0.25, 0.3) is 5.91 Å². The molecule has 2 aromatic rings. The molecule has 0 unspecified atom stereocenters. The van der Waals surface area contributed by atoms with Crippen LogP contribution in [-0.2, 0) is 11.3 Å². The third-order valence-electron chi connectivity index (χ3n) is 3.00. The maximum atomic E-state index is 11.9. The fraction of sp³-hybridized carbons (Fsp3) is 0.357. The molecule has 2 aromatic heterocycles. The molecule has 6 nitrogen and oxygen atoms in total. The molecule has 0 fully saturated rings. The Kier molecular flexibility index (Phi) is 5.51. The average molecular weight is 306 g/mol. The van der Waals surface area contributed by atoms with E-state index in [1.165, 1.54) is 11.3 Å². The van der Waals surface area contributed by atoms with E-state index in [1.54, 1.807) is 30.4 Å². The number of carbonyl (C=O) groups excluding carboxylic acids is 2. The van der Waals surface area contributed by atoms with Crippen molar-refractivity contribution in [3.63, 3.8) is 0 Å². The van der Waals surface area contributed by atoms with Gasteiger partial charge in [0.2, 0.25) is 5.91 Å². The van der Waals surface area contributed by atoms with Gasteiger partial charge in [-0.15, -0.1) is 11.3 Å². The van der Waals surface area contributed by atoms with Crippen molar-refractivity contribution < 1.29 is 9.59 Å². The summed E-state index contributed by atoms with van der Waals surface area (Å²) in [6.07, 6.45) is 4.51. The van der Waals surface area contributed by atoms with Crippen molar-refractivity contribution in [3.8, 4) is 0 Å². The first-order valence-electron chi connectivity index (χ1n) is 6.70. The second-order valence-electron chi connectivity index (χ2n) is 4.69. The monoisotopic (exact) mass is 306 g/mol. The van der Waals surface area contributed by atoms with Gasteiger partial charge in [0.15, 0.2) is 0 Å². The van der Waals surface area contributed by atoms with Gasteiger partial charge < -0.3 is 10.2 Å². The van der Waals surface area contributed by atoms with Gasteiger partial charge in [-0.1, -0.05) is 6.07 Å². The predicted octanol–water partition coefficient (Wildman–Crippen LogP) is 1.64. The zero-order valence-electron chi connectivity index (χ0n) is 11.8. The van der Waals surface area contributed by atoms with Gasteiger partial charge in [-0.3, -0.25) is 14.7 Å². The first-order valence-corrected chi connectivity index (χ1v) is 7.58. The summed E-state index contributed by atoms with van der Waals surface area (Å²) in [6.45, 7) is 1.04. The summed E-state index contributed by atoms with van der Waals surface area (Å²) in [5.74, 6) is -0.0224. The zero-order chi connectivity index (χ0) is 15.1. The van der Waals surface area contributed by atoms with Crippen molar-refractivity contribution in [2.24, 2.45) is 0 Å². The molecule has 2 rings (SSSR count). The molecule has 0 radical (unpaired) electrons. The molecule has 0 atom stereocenters. The molecule has 2 heterocycles. The third-order valence-corrected chi connectivity index (χ3v) is 3.87. The van der Waals surface area contributed by atoms with Crippen LogP contribution >= 0.6 is 11.3 Å². The summed E-state index contributed by atoms with van der Waals surface area (Å²) in [4.78, 5) is 26.0. The zero-order valence-corrected chi connectivity index (χ0v) is 12.7. The molecule has 0 aliphatic rings. The Labute approximate surface area is 127 Å². The number of thiophene rings is 1. The molecule has 112 valence electrons. The minimum absolute atomic E-state index is 0.0570. The van der Waals surface area contributed by atoms with Crippen LogP contribution in [0.2, 0.25) is 0 Å². The number of rotatable bonds is 7. The van der Waals surface area contributed by atoms with Gasteiger partial charge in [0.05, 0.1) is 11.1 Å². The maximum Gasteiger partial charge on any atom is 0.261 e. The Morgan fingerprint density at radius 1 is 1.48 bits per heavy atom. The largest absolute Gasteiger partial charge is 0.351 e. The van der Waals surface area contributed by atoms with Gasteiger partial charge >= 0.3 is 0 Å². The number of nitrogens with one attached hydrogen (secondary N) is 2. The number of aromatic nitrogens is 2. The third kappa shape index (κ3) is 4.71. The smallest absolute Gasteiger partial charge is 0.261 e. The highest BCUT2D eigenvalue weighted by molar-refractivity contribution is 7.12. The van der Waals surface area contributed by atoms with E-state index < -0.39 is 0 Å². The summed E-state index contributed by atoms with van der Waals surface area (Å²) >= 11 is 1.41. The molecule has 2 N–H and O–H groups in total. The number of H-pyrrole nitrogens is 1. The van der Waals surface area contributed by atoms with E-state index in [4.69, 9.17) is 0 Å². The summed E-state index contributed by atoms with van der Waals surface area (Å²) < 4.78 is 0. The normalized spacial score (nSPS) is 10.3. The highest BCUT2D eigenvalue weighted by atomic mass is 32.1. The minimum atomic E-state index is -0.0794. The molecular formula is C14H18N4O2S. The molecular weight excluding hydrogens is 288 g/mol.